The molecule has 1 aliphatic heterocycles. The number of imidazole rings is 1. The van der Waals surface area contributed by atoms with Gasteiger partial charge in [-0.25, -0.2) is 4.98 Å². The minimum absolute atomic E-state index is 0.127. The molecule has 6 heteroatoms. The minimum atomic E-state index is 0.127. The van der Waals surface area contributed by atoms with Crippen LogP contribution < -0.4 is 0 Å². The van der Waals surface area contributed by atoms with Crippen molar-refractivity contribution in [3.63, 3.8) is 0 Å². The van der Waals surface area contributed by atoms with Gasteiger partial charge >= 0.3 is 0 Å². The van der Waals surface area contributed by atoms with Gasteiger partial charge in [0.25, 0.3) is 0 Å². The Morgan fingerprint density at radius 2 is 2.00 bits per heavy atom. The fourth-order valence-corrected chi connectivity index (χ4v) is 3.78. The quantitative estimate of drug-likeness (QED) is 0.825. The molecule has 130 valence electrons. The van der Waals surface area contributed by atoms with Gasteiger partial charge in [0.15, 0.2) is 0 Å². The summed E-state index contributed by atoms with van der Waals surface area (Å²) in [5.41, 5.74) is 1.75. The molecule has 1 fully saturated rings. The van der Waals surface area contributed by atoms with E-state index in [4.69, 9.17) is 23.2 Å². The zero-order valence-corrected chi connectivity index (χ0v) is 15.6. The van der Waals surface area contributed by atoms with E-state index in [1.165, 1.54) is 0 Å². The maximum Gasteiger partial charge on any atom is 0.225 e. The molecule has 24 heavy (non-hydrogen) atoms. The van der Waals surface area contributed by atoms with Gasteiger partial charge in [0.1, 0.15) is 5.82 Å². The molecule has 3 rings (SSSR count). The number of fused-ring (bicyclic) bond motifs is 1. The first-order valence-electron chi connectivity index (χ1n) is 8.63. The molecular weight excluding hydrogens is 345 g/mol. The Hall–Kier alpha value is -1.26. The second-order valence-corrected chi connectivity index (χ2v) is 7.51. The standard InChI is InChI=1S/C18H23Cl2N3O/c1-3-4-11(2)18(24)23-7-5-12(6-8-23)17-21-15-9-13(19)14(20)10-16(15)22-17/h9-12H,3-8H2,1-2H3,(H,21,22). The summed E-state index contributed by atoms with van der Waals surface area (Å²) in [5.74, 6) is 1.73. The SMILES string of the molecule is CCCC(C)C(=O)N1CCC(c2nc3cc(Cl)c(Cl)cc3[nH]2)CC1. The van der Waals surface area contributed by atoms with Crippen LogP contribution in [-0.2, 0) is 4.79 Å². The summed E-state index contributed by atoms with van der Waals surface area (Å²) in [6.07, 6.45) is 3.88. The van der Waals surface area contributed by atoms with Gasteiger partial charge in [-0.05, 0) is 31.4 Å². The van der Waals surface area contributed by atoms with Gasteiger partial charge in [-0.3, -0.25) is 4.79 Å². The molecule has 0 saturated carbocycles. The van der Waals surface area contributed by atoms with Crippen LogP contribution in [0.5, 0.6) is 0 Å². The van der Waals surface area contributed by atoms with Crippen LogP contribution in [0.15, 0.2) is 12.1 Å². The van der Waals surface area contributed by atoms with Crippen molar-refractivity contribution >= 4 is 40.1 Å². The Morgan fingerprint density at radius 3 is 2.67 bits per heavy atom. The number of hydrogen-bond acceptors (Lipinski definition) is 2. The second-order valence-electron chi connectivity index (χ2n) is 6.69. The first-order valence-corrected chi connectivity index (χ1v) is 9.38. The molecule has 0 bridgehead atoms. The average Bonchev–Trinajstić information content (AvgIpc) is 2.97. The van der Waals surface area contributed by atoms with Crippen molar-refractivity contribution in [1.29, 1.82) is 0 Å². The van der Waals surface area contributed by atoms with Crippen LogP contribution in [0.1, 0.15) is 51.3 Å². The lowest BCUT2D eigenvalue weighted by molar-refractivity contribution is -0.136. The lowest BCUT2D eigenvalue weighted by Crippen LogP contribution is -2.40. The normalized spacial score (nSPS) is 17.4. The Labute approximate surface area is 152 Å². The Balaban J connectivity index is 1.67. The van der Waals surface area contributed by atoms with Crippen molar-refractivity contribution < 1.29 is 4.79 Å². The first kappa shape index (κ1) is 17.6. The maximum atomic E-state index is 12.4. The van der Waals surface area contributed by atoms with Crippen molar-refractivity contribution in [1.82, 2.24) is 14.9 Å². The third-order valence-electron chi connectivity index (χ3n) is 4.88. The van der Waals surface area contributed by atoms with Crippen molar-refractivity contribution in [3.05, 3.63) is 28.0 Å². The van der Waals surface area contributed by atoms with Crippen LogP contribution in [0.3, 0.4) is 0 Å². The van der Waals surface area contributed by atoms with Gasteiger partial charge in [0, 0.05) is 24.9 Å². The highest BCUT2D eigenvalue weighted by Crippen LogP contribution is 2.31. The number of carbonyl (C=O) groups is 1. The lowest BCUT2D eigenvalue weighted by Gasteiger charge is -2.32. The molecule has 0 aliphatic carbocycles. The van der Waals surface area contributed by atoms with Crippen molar-refractivity contribution in [2.75, 3.05) is 13.1 Å². The molecular formula is C18H23Cl2N3O. The van der Waals surface area contributed by atoms with Crippen LogP contribution in [0.2, 0.25) is 10.0 Å². The number of amides is 1. The molecule has 1 atom stereocenters. The molecule has 0 radical (unpaired) electrons. The first-order chi connectivity index (χ1) is 11.5. The maximum absolute atomic E-state index is 12.4. The van der Waals surface area contributed by atoms with Gasteiger partial charge in [0.05, 0.1) is 21.1 Å². The summed E-state index contributed by atoms with van der Waals surface area (Å²) in [7, 11) is 0. The van der Waals surface area contributed by atoms with Crippen LogP contribution in [0.25, 0.3) is 11.0 Å². The van der Waals surface area contributed by atoms with Crippen LogP contribution >= 0.6 is 23.2 Å². The van der Waals surface area contributed by atoms with Gasteiger partial charge < -0.3 is 9.88 Å². The summed E-state index contributed by atoms with van der Waals surface area (Å²) < 4.78 is 0. The van der Waals surface area contributed by atoms with E-state index < -0.39 is 0 Å². The molecule has 1 aromatic heterocycles. The highest BCUT2D eigenvalue weighted by atomic mass is 35.5. The number of nitrogens with zero attached hydrogens (tertiary/aromatic N) is 2. The van der Waals surface area contributed by atoms with E-state index >= 15 is 0 Å². The van der Waals surface area contributed by atoms with Gasteiger partial charge in [-0.1, -0.05) is 43.5 Å². The minimum Gasteiger partial charge on any atom is -0.342 e. The Morgan fingerprint density at radius 1 is 1.33 bits per heavy atom. The fourth-order valence-electron chi connectivity index (χ4n) is 3.46. The smallest absolute Gasteiger partial charge is 0.225 e. The molecule has 1 aliphatic rings. The molecule has 1 N–H and O–H groups in total. The number of benzene rings is 1. The van der Waals surface area contributed by atoms with E-state index in [0.717, 1.165) is 55.6 Å². The molecule has 1 amide bonds. The molecule has 1 saturated heterocycles. The summed E-state index contributed by atoms with van der Waals surface area (Å²) >= 11 is 12.1. The van der Waals surface area contributed by atoms with Crippen molar-refractivity contribution in [3.8, 4) is 0 Å². The van der Waals surface area contributed by atoms with E-state index in [1.54, 1.807) is 6.07 Å². The number of nitrogens with one attached hydrogen (secondary N) is 1. The molecule has 0 spiro atoms. The molecule has 2 aromatic rings. The summed E-state index contributed by atoms with van der Waals surface area (Å²) in [6.45, 7) is 5.76. The fraction of sp³-hybridized carbons (Fsp3) is 0.556. The van der Waals surface area contributed by atoms with E-state index in [0.29, 0.717) is 21.9 Å². The molecule has 1 unspecified atom stereocenters. The predicted octanol–water partition coefficient (Wildman–Crippen LogP) is 5.01. The topological polar surface area (TPSA) is 49.0 Å². The Kier molecular flexibility index (Phi) is 5.36. The van der Waals surface area contributed by atoms with Crippen molar-refractivity contribution in [2.24, 2.45) is 5.92 Å². The highest BCUT2D eigenvalue weighted by molar-refractivity contribution is 6.42. The average molecular weight is 368 g/mol. The van der Waals surface area contributed by atoms with E-state index in [-0.39, 0.29) is 5.92 Å². The number of rotatable bonds is 4. The summed E-state index contributed by atoms with van der Waals surface area (Å²) in [6, 6.07) is 3.62. The predicted molar refractivity (Wildman–Crippen MR) is 98.7 cm³/mol. The molecule has 4 nitrogen and oxygen atoms in total. The third-order valence-corrected chi connectivity index (χ3v) is 5.60. The lowest BCUT2D eigenvalue weighted by atomic mass is 9.94. The van der Waals surface area contributed by atoms with Crippen LogP contribution in [0.4, 0.5) is 0 Å². The highest BCUT2D eigenvalue weighted by Gasteiger charge is 2.27. The summed E-state index contributed by atoms with van der Waals surface area (Å²) in [5, 5.41) is 1.05. The number of piperidine rings is 1. The van der Waals surface area contributed by atoms with E-state index in [9.17, 15) is 4.79 Å². The Bertz CT molecular complexity index is 696. The monoisotopic (exact) mass is 367 g/mol. The third kappa shape index (κ3) is 3.55. The summed E-state index contributed by atoms with van der Waals surface area (Å²) in [4.78, 5) is 22.5. The van der Waals surface area contributed by atoms with E-state index in [1.807, 2.05) is 17.9 Å². The number of aromatic nitrogens is 2. The number of halogens is 2. The van der Waals surface area contributed by atoms with Gasteiger partial charge in [0.2, 0.25) is 5.91 Å². The zero-order chi connectivity index (χ0) is 17.3. The van der Waals surface area contributed by atoms with E-state index in [2.05, 4.69) is 16.9 Å². The number of likely N-dealkylation sites (tertiary alicyclic amines) is 1. The van der Waals surface area contributed by atoms with Gasteiger partial charge in [-0.15, -0.1) is 0 Å². The van der Waals surface area contributed by atoms with Gasteiger partial charge in [-0.2, -0.15) is 0 Å². The second kappa shape index (κ2) is 7.32. The number of aromatic amines is 1. The van der Waals surface area contributed by atoms with Crippen molar-refractivity contribution in [2.45, 2.75) is 45.4 Å². The number of hydrogen-bond donors (Lipinski definition) is 1. The molecule has 1 aromatic carbocycles. The molecule has 2 heterocycles. The van der Waals surface area contributed by atoms with Crippen LogP contribution in [0, 0.1) is 5.92 Å². The number of H-pyrrole nitrogens is 1. The van der Waals surface area contributed by atoms with Crippen LogP contribution in [-0.4, -0.2) is 33.9 Å². The zero-order valence-electron chi connectivity index (χ0n) is 14.1. The largest absolute Gasteiger partial charge is 0.342 e. The number of carbonyl (C=O) groups excluding carboxylic acids is 1.